The first-order valence-corrected chi connectivity index (χ1v) is 7.15. The standard InChI is InChI=1S/C9H18N2O4.C3H8.C2H5NO/c1-3-4-9(2,5-14-7(10)12)6-15-8(11)13;1-3-2;1-2(3)4/h3-6H2,1-2H3,(H2,10,12)(H2,11,13);3H2,1-2H3;1H3,(H2,3,4). The molecule has 0 aliphatic carbocycles. The van der Waals surface area contributed by atoms with Crippen LogP contribution < -0.4 is 17.2 Å². The van der Waals surface area contributed by atoms with Crippen LogP contribution in [0.4, 0.5) is 9.59 Å². The van der Waals surface area contributed by atoms with Gasteiger partial charge in [-0.2, -0.15) is 0 Å². The highest BCUT2D eigenvalue weighted by atomic mass is 16.6. The van der Waals surface area contributed by atoms with Crippen molar-refractivity contribution in [2.45, 2.75) is 53.9 Å². The number of rotatable bonds is 6. The Bertz CT molecular complexity index is 300. The van der Waals surface area contributed by atoms with E-state index in [1.54, 1.807) is 0 Å². The van der Waals surface area contributed by atoms with Crippen LogP contribution in [-0.4, -0.2) is 31.3 Å². The molecule has 0 bridgehead atoms. The maximum Gasteiger partial charge on any atom is 0.404 e. The van der Waals surface area contributed by atoms with Crippen LogP contribution in [0.2, 0.25) is 0 Å². The Hall–Kier alpha value is -1.99. The summed E-state index contributed by atoms with van der Waals surface area (Å²) < 4.78 is 9.40. The molecule has 0 saturated carbocycles. The van der Waals surface area contributed by atoms with Gasteiger partial charge in [0, 0.05) is 12.3 Å². The summed E-state index contributed by atoms with van der Waals surface area (Å²) in [6, 6.07) is 0. The second kappa shape index (κ2) is 15.4. The molecule has 8 heteroatoms. The fourth-order valence-corrected chi connectivity index (χ4v) is 1.28. The number of hydrogen-bond donors (Lipinski definition) is 3. The Morgan fingerprint density at radius 2 is 1.18 bits per heavy atom. The summed E-state index contributed by atoms with van der Waals surface area (Å²) in [6.45, 7) is 9.60. The van der Waals surface area contributed by atoms with Gasteiger partial charge in [0.15, 0.2) is 0 Å². The molecule has 6 N–H and O–H groups in total. The lowest BCUT2D eigenvalue weighted by molar-refractivity contribution is -0.115. The van der Waals surface area contributed by atoms with Gasteiger partial charge in [0.05, 0.1) is 0 Å². The van der Waals surface area contributed by atoms with E-state index < -0.39 is 17.6 Å². The zero-order valence-electron chi connectivity index (χ0n) is 14.3. The maximum atomic E-state index is 10.5. The minimum absolute atomic E-state index is 0.115. The predicted octanol–water partition coefficient (Wildman–Crippen LogP) is 1.89. The van der Waals surface area contributed by atoms with Crippen LogP contribution in [0.1, 0.15) is 53.9 Å². The molecule has 0 aliphatic heterocycles. The minimum Gasteiger partial charge on any atom is -0.449 e. The van der Waals surface area contributed by atoms with Gasteiger partial charge in [0.1, 0.15) is 13.2 Å². The van der Waals surface area contributed by atoms with Gasteiger partial charge in [-0.15, -0.1) is 0 Å². The van der Waals surface area contributed by atoms with E-state index >= 15 is 0 Å². The van der Waals surface area contributed by atoms with E-state index in [-0.39, 0.29) is 19.1 Å². The summed E-state index contributed by atoms with van der Waals surface area (Å²) in [6.07, 6.45) is 1.20. The Kier molecular flexibility index (Phi) is 17.5. The maximum absolute atomic E-state index is 10.5. The lowest BCUT2D eigenvalue weighted by Gasteiger charge is -2.27. The Morgan fingerprint density at radius 3 is 1.36 bits per heavy atom. The number of primary amides is 3. The van der Waals surface area contributed by atoms with E-state index in [1.807, 2.05) is 13.8 Å². The first-order chi connectivity index (χ1) is 10.0. The van der Waals surface area contributed by atoms with Crippen LogP contribution in [0.15, 0.2) is 0 Å². The van der Waals surface area contributed by atoms with E-state index in [2.05, 4.69) is 19.6 Å². The largest absolute Gasteiger partial charge is 0.449 e. The Morgan fingerprint density at radius 1 is 0.909 bits per heavy atom. The van der Waals surface area contributed by atoms with Crippen molar-refractivity contribution in [1.29, 1.82) is 0 Å². The SMILES string of the molecule is CC(N)=O.CCC.CCCC(C)(COC(N)=O)COC(N)=O. The highest BCUT2D eigenvalue weighted by Crippen LogP contribution is 2.24. The van der Waals surface area contributed by atoms with Crippen LogP contribution in [0.5, 0.6) is 0 Å². The van der Waals surface area contributed by atoms with E-state index in [1.165, 1.54) is 13.3 Å². The zero-order chi connectivity index (χ0) is 18.2. The summed E-state index contributed by atoms with van der Waals surface area (Å²) in [5.41, 5.74) is 13.8. The molecule has 8 nitrogen and oxygen atoms in total. The number of carbonyl (C=O) groups is 3. The minimum atomic E-state index is -0.837. The molecule has 0 aromatic carbocycles. The molecule has 3 amide bonds. The van der Waals surface area contributed by atoms with Gasteiger partial charge < -0.3 is 26.7 Å². The summed E-state index contributed by atoms with van der Waals surface area (Å²) in [4.78, 5) is 30.1. The van der Waals surface area contributed by atoms with Crippen molar-refractivity contribution in [2.75, 3.05) is 13.2 Å². The van der Waals surface area contributed by atoms with E-state index in [0.717, 1.165) is 12.8 Å². The number of carbonyl (C=O) groups excluding carboxylic acids is 3. The molecule has 0 saturated heterocycles. The molecule has 0 rings (SSSR count). The molecular formula is C14H31N3O5. The normalized spacial score (nSPS) is 9.32. The van der Waals surface area contributed by atoms with Gasteiger partial charge in [-0.05, 0) is 6.42 Å². The van der Waals surface area contributed by atoms with Crippen LogP contribution in [0, 0.1) is 5.41 Å². The third-order valence-corrected chi connectivity index (χ3v) is 1.98. The van der Waals surface area contributed by atoms with Crippen molar-refractivity contribution in [2.24, 2.45) is 22.6 Å². The molecular weight excluding hydrogens is 290 g/mol. The van der Waals surface area contributed by atoms with Gasteiger partial charge in [0.25, 0.3) is 0 Å². The van der Waals surface area contributed by atoms with Gasteiger partial charge in [-0.3, -0.25) is 4.79 Å². The highest BCUT2D eigenvalue weighted by Gasteiger charge is 2.26. The van der Waals surface area contributed by atoms with Crippen LogP contribution in [-0.2, 0) is 14.3 Å². The molecule has 0 heterocycles. The van der Waals surface area contributed by atoms with E-state index in [0.29, 0.717) is 0 Å². The van der Waals surface area contributed by atoms with Crippen molar-refractivity contribution in [3.63, 3.8) is 0 Å². The summed E-state index contributed by atoms with van der Waals surface area (Å²) in [5, 5.41) is 0. The average Bonchev–Trinajstić information content (AvgIpc) is 2.35. The fraction of sp³-hybridized carbons (Fsp3) is 0.786. The monoisotopic (exact) mass is 321 g/mol. The predicted molar refractivity (Wildman–Crippen MR) is 84.9 cm³/mol. The summed E-state index contributed by atoms with van der Waals surface area (Å²) >= 11 is 0. The number of hydrogen-bond acceptors (Lipinski definition) is 5. The van der Waals surface area contributed by atoms with Crippen molar-refractivity contribution in [3.8, 4) is 0 Å². The zero-order valence-corrected chi connectivity index (χ0v) is 14.3. The second-order valence-electron chi connectivity index (χ2n) is 5.09. The van der Waals surface area contributed by atoms with Gasteiger partial charge in [-0.25, -0.2) is 9.59 Å². The van der Waals surface area contributed by atoms with Gasteiger partial charge >= 0.3 is 12.2 Å². The smallest absolute Gasteiger partial charge is 0.404 e. The number of nitrogens with two attached hydrogens (primary N) is 3. The molecule has 0 unspecified atom stereocenters. The first kappa shape index (κ1) is 25.0. The first-order valence-electron chi connectivity index (χ1n) is 7.15. The molecule has 0 atom stereocenters. The molecule has 22 heavy (non-hydrogen) atoms. The van der Waals surface area contributed by atoms with Crippen molar-refractivity contribution in [1.82, 2.24) is 0 Å². The molecule has 0 aromatic rings. The lowest BCUT2D eigenvalue weighted by Crippen LogP contribution is -2.33. The highest BCUT2D eigenvalue weighted by molar-refractivity contribution is 5.70. The third kappa shape index (κ3) is 26.5. The van der Waals surface area contributed by atoms with Crippen molar-refractivity contribution >= 4 is 18.1 Å². The third-order valence-electron chi connectivity index (χ3n) is 1.98. The Balaban J connectivity index is -0.000000432. The lowest BCUT2D eigenvalue weighted by atomic mass is 9.87. The number of ether oxygens (including phenoxy) is 2. The quantitative estimate of drug-likeness (QED) is 0.683. The van der Waals surface area contributed by atoms with E-state index in [4.69, 9.17) is 20.9 Å². The van der Waals surface area contributed by atoms with Gasteiger partial charge in [-0.1, -0.05) is 40.5 Å². The molecule has 132 valence electrons. The molecule has 0 fully saturated rings. The van der Waals surface area contributed by atoms with Crippen molar-refractivity contribution in [3.05, 3.63) is 0 Å². The number of amides is 3. The Labute approximate surface area is 132 Å². The molecule has 0 radical (unpaired) electrons. The van der Waals surface area contributed by atoms with Gasteiger partial charge in [0.2, 0.25) is 5.91 Å². The fourth-order valence-electron chi connectivity index (χ4n) is 1.28. The topological polar surface area (TPSA) is 148 Å². The van der Waals surface area contributed by atoms with Crippen LogP contribution in [0.25, 0.3) is 0 Å². The summed E-state index contributed by atoms with van der Waals surface area (Å²) in [5.74, 6) is -0.333. The van der Waals surface area contributed by atoms with Crippen molar-refractivity contribution < 1.29 is 23.9 Å². The summed E-state index contributed by atoms with van der Waals surface area (Å²) in [7, 11) is 0. The van der Waals surface area contributed by atoms with Crippen LogP contribution >= 0.6 is 0 Å². The second-order valence-corrected chi connectivity index (χ2v) is 5.09. The molecule has 0 aliphatic rings. The molecule has 0 aromatic heterocycles. The average molecular weight is 321 g/mol. The molecule has 0 spiro atoms. The van der Waals surface area contributed by atoms with E-state index in [9.17, 15) is 14.4 Å². The van der Waals surface area contributed by atoms with Crippen LogP contribution in [0.3, 0.4) is 0 Å².